The molecule has 1 saturated carbocycles. The molecular weight excluding hydrogens is 212 g/mol. The highest BCUT2D eigenvalue weighted by molar-refractivity contribution is 6.14. The van der Waals surface area contributed by atoms with E-state index in [1.807, 2.05) is 31.2 Å². The van der Waals surface area contributed by atoms with Gasteiger partial charge in [-0.15, -0.1) is 0 Å². The van der Waals surface area contributed by atoms with Crippen LogP contribution in [0.2, 0.25) is 0 Å². The summed E-state index contributed by atoms with van der Waals surface area (Å²) in [6.45, 7) is 3.79. The molecule has 0 heterocycles. The standard InChI is InChI=1S/C15H18O2/c1-11-6-8-12(9-7-11)14(17)15(2)10-4-3-5-13(15)16/h6-9H,3-5,10H2,1-2H3. The second kappa shape index (κ2) is 4.44. The van der Waals surface area contributed by atoms with Crippen LogP contribution in [0.25, 0.3) is 0 Å². The zero-order valence-electron chi connectivity index (χ0n) is 10.5. The highest BCUT2D eigenvalue weighted by atomic mass is 16.2. The fourth-order valence-electron chi connectivity index (χ4n) is 2.44. The van der Waals surface area contributed by atoms with Crippen molar-refractivity contribution in [3.63, 3.8) is 0 Å². The van der Waals surface area contributed by atoms with Gasteiger partial charge in [-0.25, -0.2) is 0 Å². The average molecular weight is 230 g/mol. The van der Waals surface area contributed by atoms with Crippen molar-refractivity contribution in [2.45, 2.75) is 39.5 Å². The van der Waals surface area contributed by atoms with Gasteiger partial charge in [-0.1, -0.05) is 36.2 Å². The van der Waals surface area contributed by atoms with E-state index in [1.165, 1.54) is 0 Å². The smallest absolute Gasteiger partial charge is 0.176 e. The number of carbonyl (C=O) groups excluding carboxylic acids is 2. The Kier molecular flexibility index (Phi) is 3.14. The van der Waals surface area contributed by atoms with E-state index in [2.05, 4.69) is 0 Å². The molecule has 0 saturated heterocycles. The molecule has 2 nitrogen and oxygen atoms in total. The van der Waals surface area contributed by atoms with Crippen LogP contribution in [-0.4, -0.2) is 11.6 Å². The van der Waals surface area contributed by atoms with Crippen LogP contribution in [0.1, 0.15) is 48.5 Å². The van der Waals surface area contributed by atoms with Gasteiger partial charge in [0.05, 0.1) is 5.41 Å². The molecule has 2 rings (SSSR count). The molecule has 0 amide bonds. The lowest BCUT2D eigenvalue weighted by Gasteiger charge is -2.30. The van der Waals surface area contributed by atoms with Gasteiger partial charge in [0.15, 0.2) is 5.78 Å². The molecule has 0 N–H and O–H groups in total. The number of benzene rings is 1. The Hall–Kier alpha value is -1.44. The fourth-order valence-corrected chi connectivity index (χ4v) is 2.44. The number of rotatable bonds is 2. The summed E-state index contributed by atoms with van der Waals surface area (Å²) in [4.78, 5) is 24.4. The summed E-state index contributed by atoms with van der Waals surface area (Å²) in [6.07, 6.45) is 3.14. The van der Waals surface area contributed by atoms with Crippen LogP contribution in [0.3, 0.4) is 0 Å². The Bertz CT molecular complexity index is 444. The quantitative estimate of drug-likeness (QED) is 0.577. The van der Waals surface area contributed by atoms with Crippen molar-refractivity contribution in [1.29, 1.82) is 0 Å². The minimum atomic E-state index is -0.784. The Morgan fingerprint density at radius 2 is 1.82 bits per heavy atom. The first kappa shape index (κ1) is 12.0. The van der Waals surface area contributed by atoms with Crippen LogP contribution < -0.4 is 0 Å². The summed E-state index contributed by atoms with van der Waals surface area (Å²) < 4.78 is 0. The first-order valence-electron chi connectivity index (χ1n) is 6.19. The van der Waals surface area contributed by atoms with Crippen LogP contribution in [-0.2, 0) is 4.79 Å². The zero-order chi connectivity index (χ0) is 12.5. The molecule has 1 unspecified atom stereocenters. The third-order valence-corrected chi connectivity index (χ3v) is 3.76. The highest BCUT2D eigenvalue weighted by Gasteiger charge is 2.42. The van der Waals surface area contributed by atoms with Crippen LogP contribution in [0.4, 0.5) is 0 Å². The van der Waals surface area contributed by atoms with E-state index in [4.69, 9.17) is 0 Å². The van der Waals surface area contributed by atoms with Crippen LogP contribution >= 0.6 is 0 Å². The molecule has 0 spiro atoms. The van der Waals surface area contributed by atoms with Gasteiger partial charge in [0.25, 0.3) is 0 Å². The SMILES string of the molecule is Cc1ccc(C(=O)C2(C)CCCCC2=O)cc1. The summed E-state index contributed by atoms with van der Waals surface area (Å²) in [5, 5.41) is 0. The monoisotopic (exact) mass is 230 g/mol. The van der Waals surface area contributed by atoms with Crippen LogP contribution in [0, 0.1) is 12.3 Å². The Morgan fingerprint density at radius 3 is 2.41 bits per heavy atom. The van der Waals surface area contributed by atoms with Crippen molar-refractivity contribution >= 4 is 11.6 Å². The summed E-state index contributed by atoms with van der Waals surface area (Å²) >= 11 is 0. The predicted molar refractivity (Wildman–Crippen MR) is 67.1 cm³/mol. The molecule has 1 aliphatic rings. The summed E-state index contributed by atoms with van der Waals surface area (Å²) in [6, 6.07) is 7.49. The average Bonchev–Trinajstić information content (AvgIpc) is 2.33. The summed E-state index contributed by atoms with van der Waals surface area (Å²) in [7, 11) is 0. The van der Waals surface area contributed by atoms with Gasteiger partial charge in [-0.2, -0.15) is 0 Å². The number of Topliss-reactive ketones (excluding diaryl/α,β-unsaturated/α-hetero) is 2. The Morgan fingerprint density at radius 1 is 1.18 bits per heavy atom. The minimum Gasteiger partial charge on any atom is -0.299 e. The van der Waals surface area contributed by atoms with E-state index < -0.39 is 5.41 Å². The Labute approximate surface area is 102 Å². The van der Waals surface area contributed by atoms with Gasteiger partial charge >= 0.3 is 0 Å². The van der Waals surface area contributed by atoms with Gasteiger partial charge in [-0.3, -0.25) is 9.59 Å². The molecule has 1 fully saturated rings. The van der Waals surface area contributed by atoms with E-state index in [1.54, 1.807) is 6.92 Å². The van der Waals surface area contributed by atoms with Gasteiger partial charge in [0.2, 0.25) is 0 Å². The van der Waals surface area contributed by atoms with E-state index in [0.717, 1.165) is 18.4 Å². The third kappa shape index (κ3) is 2.17. The van der Waals surface area contributed by atoms with E-state index in [-0.39, 0.29) is 11.6 Å². The van der Waals surface area contributed by atoms with Crippen molar-refractivity contribution in [3.8, 4) is 0 Å². The lowest BCUT2D eigenvalue weighted by atomic mass is 9.70. The molecule has 0 aromatic heterocycles. The molecule has 17 heavy (non-hydrogen) atoms. The van der Waals surface area contributed by atoms with Crippen LogP contribution in [0.5, 0.6) is 0 Å². The normalized spacial score (nSPS) is 24.7. The van der Waals surface area contributed by atoms with Crippen molar-refractivity contribution in [1.82, 2.24) is 0 Å². The molecule has 0 bridgehead atoms. The summed E-state index contributed by atoms with van der Waals surface area (Å²) in [5.74, 6) is 0.0940. The molecule has 1 atom stereocenters. The largest absolute Gasteiger partial charge is 0.299 e. The van der Waals surface area contributed by atoms with Gasteiger partial charge in [-0.05, 0) is 26.7 Å². The zero-order valence-corrected chi connectivity index (χ0v) is 10.5. The minimum absolute atomic E-state index is 0.0119. The molecular formula is C15H18O2. The first-order chi connectivity index (χ1) is 8.04. The highest BCUT2D eigenvalue weighted by Crippen LogP contribution is 2.35. The van der Waals surface area contributed by atoms with Gasteiger partial charge in [0.1, 0.15) is 5.78 Å². The number of aryl methyl sites for hydroxylation is 1. The third-order valence-electron chi connectivity index (χ3n) is 3.76. The lowest BCUT2D eigenvalue weighted by Crippen LogP contribution is -2.38. The number of hydrogen-bond acceptors (Lipinski definition) is 2. The maximum Gasteiger partial charge on any atom is 0.176 e. The molecule has 2 heteroatoms. The molecule has 1 aromatic rings. The molecule has 0 aliphatic heterocycles. The van der Waals surface area contributed by atoms with E-state index >= 15 is 0 Å². The van der Waals surface area contributed by atoms with E-state index in [0.29, 0.717) is 18.4 Å². The maximum atomic E-state index is 12.4. The molecule has 1 aromatic carbocycles. The lowest BCUT2D eigenvalue weighted by molar-refractivity contribution is -0.127. The topological polar surface area (TPSA) is 34.1 Å². The first-order valence-corrected chi connectivity index (χ1v) is 6.19. The second-order valence-corrected chi connectivity index (χ2v) is 5.16. The number of ketones is 2. The van der Waals surface area contributed by atoms with Gasteiger partial charge in [0, 0.05) is 12.0 Å². The predicted octanol–water partition coefficient (Wildman–Crippen LogP) is 3.33. The van der Waals surface area contributed by atoms with Crippen LogP contribution in [0.15, 0.2) is 24.3 Å². The van der Waals surface area contributed by atoms with Crippen molar-refractivity contribution in [2.24, 2.45) is 5.41 Å². The van der Waals surface area contributed by atoms with E-state index in [9.17, 15) is 9.59 Å². The number of carbonyl (C=O) groups is 2. The summed E-state index contributed by atoms with van der Waals surface area (Å²) in [5.41, 5.74) is 1.00. The Balaban J connectivity index is 2.30. The fraction of sp³-hybridized carbons (Fsp3) is 0.467. The maximum absolute atomic E-state index is 12.4. The molecule has 90 valence electrons. The molecule has 1 aliphatic carbocycles. The second-order valence-electron chi connectivity index (χ2n) is 5.16. The van der Waals surface area contributed by atoms with Crippen molar-refractivity contribution < 1.29 is 9.59 Å². The van der Waals surface area contributed by atoms with Crippen molar-refractivity contribution in [2.75, 3.05) is 0 Å². The molecule has 0 radical (unpaired) electrons. The number of hydrogen-bond donors (Lipinski definition) is 0. The van der Waals surface area contributed by atoms with Gasteiger partial charge < -0.3 is 0 Å². The van der Waals surface area contributed by atoms with Crippen molar-refractivity contribution in [3.05, 3.63) is 35.4 Å².